The molecule has 7 aromatic carbocycles. The molecule has 4 heterocycles. The number of aromatic carboxylic acids is 1. The highest BCUT2D eigenvalue weighted by Gasteiger charge is 2.39. The van der Waals surface area contributed by atoms with Gasteiger partial charge < -0.3 is 45.3 Å². The maximum atomic E-state index is 13.2. The van der Waals surface area contributed by atoms with Crippen molar-refractivity contribution in [3.05, 3.63) is 202 Å². The second kappa shape index (κ2) is 53.2. The van der Waals surface area contributed by atoms with E-state index < -0.39 is 152 Å². The second-order valence-corrected chi connectivity index (χ2v) is 46.7. The molecule has 0 aliphatic carbocycles. The number of carboxylic acid groups (broad SMARTS) is 1. The van der Waals surface area contributed by atoms with Gasteiger partial charge in [-0.15, -0.1) is 40.8 Å². The number of sulfone groups is 7. The fraction of sp³-hybridized carbons (Fsp3) is 0.373. The number of nitrogens with one attached hydrogen (secondary N) is 4. The van der Waals surface area contributed by atoms with Crippen LogP contribution in [-0.4, -0.2) is 282 Å². The second-order valence-electron chi connectivity index (χ2n) is 31.1. The van der Waals surface area contributed by atoms with E-state index in [0.29, 0.717) is 51.4 Å². The van der Waals surface area contributed by atoms with Crippen LogP contribution in [0.4, 0.5) is 13.2 Å². The largest absolute Gasteiger partial charge is 0.478 e. The van der Waals surface area contributed by atoms with Crippen LogP contribution in [0.15, 0.2) is 183 Å². The summed E-state index contributed by atoms with van der Waals surface area (Å²) < 4.78 is 207. The van der Waals surface area contributed by atoms with E-state index in [2.05, 4.69) is 82.5 Å². The molecule has 11 aromatic rings. The third kappa shape index (κ3) is 40.8. The molecule has 11 rings (SSSR count). The van der Waals surface area contributed by atoms with Gasteiger partial charge in [-0.25, -0.2) is 63.7 Å². The molecule has 0 aliphatic rings. The minimum absolute atomic E-state index is 0.0134. The third-order valence-corrected chi connectivity index (χ3v) is 31.9. The van der Waals surface area contributed by atoms with Gasteiger partial charge in [0.05, 0.1) is 86.8 Å². The molecular weight excluding hydrogens is 1940 g/mol. The Morgan fingerprint density at radius 3 is 1.16 bits per heavy atom. The molecule has 2 atom stereocenters. The summed E-state index contributed by atoms with van der Waals surface area (Å²) in [6, 6.07) is 41.6. The molecular formula is C75H100B7Cl2F3N16O24S7. The van der Waals surface area contributed by atoms with Gasteiger partial charge in [0, 0.05) is 39.6 Å². The summed E-state index contributed by atoms with van der Waals surface area (Å²) in [5, 5.41) is 135. The van der Waals surface area contributed by atoms with E-state index in [1.807, 2.05) is 24.3 Å². The zero-order valence-electron chi connectivity index (χ0n) is 73.7. The standard InChI is InChI=1S/C12H19BO4S.C11H12BF3N4O3S.C11H15BO5S.C11H17BO3S.2C10H12BClN4O3S.C10H13BN4O3S/c1-10(2)12(13(14)15)9-18(16,17)8-11-6-4-3-5-7-11;1-12(20)4-5-23(21,22)9-3-2-7(10-16-18-19-17-10)6-8(9)11(13,14)15;1-12(15)5-6-18(16,17)8-9-3-2-4-10(7-9)11(13)14;1-10(12(2)13)8-16(14,15)9-11-6-4-3-5-7-11;1-11(17)4-5-20(18,19)9-3-2-7(6-8(9)12)10-13-15-16-14-10;1-11(17)4-5-20(18,19)7-2-3-8(9(12)6-7)10-13-15-16-14-10;1-11(16)6-7-19(17,18)9-4-2-8(3-5-9)10-12-14-15-13-10/h3-7,10,12,14-15H,8-9H2,1-2H3;2-3,6,20H,4-5H2,1H3,(H,16,17,18,19);2-4,7,15H,5-6,8H2,1H3,(H,13,14);3-7,10,13H,8-9H2,1-2H3;2*2-3,6,17H,4-5H2,1H3,(H,13,14,15,16);2-5,16H,6-7H2,1H3,(H,12,13,14,15)/t12-;;;10-;;;/m0..1.../s1. The molecule has 0 spiro atoms. The van der Waals surface area contributed by atoms with Gasteiger partial charge in [-0.2, -0.15) is 34.0 Å². The van der Waals surface area contributed by atoms with Crippen LogP contribution in [0.2, 0.25) is 94.2 Å². The van der Waals surface area contributed by atoms with Crippen molar-refractivity contribution >= 4 is 147 Å². The van der Waals surface area contributed by atoms with Crippen LogP contribution < -0.4 is 0 Å². The maximum Gasteiger partial charge on any atom is 0.456 e. The average molecular weight is 2040 g/mol. The summed E-state index contributed by atoms with van der Waals surface area (Å²) in [7, 11) is -26.0. The van der Waals surface area contributed by atoms with Crippen LogP contribution in [0.3, 0.4) is 0 Å². The molecule has 0 bridgehead atoms. The number of H-pyrrole nitrogens is 4. The van der Waals surface area contributed by atoms with Crippen molar-refractivity contribution in [3.8, 4) is 45.6 Å². The Morgan fingerprint density at radius 1 is 0.396 bits per heavy atom. The number of halogens is 5. The summed E-state index contributed by atoms with van der Waals surface area (Å²) in [6.45, 7) is 10.3. The molecule has 722 valence electrons. The van der Waals surface area contributed by atoms with Gasteiger partial charge in [0.2, 0.25) is 23.3 Å². The molecule has 13 N–H and O–H groups in total. The fourth-order valence-electron chi connectivity index (χ4n) is 11.3. The van der Waals surface area contributed by atoms with E-state index in [4.69, 9.17) is 48.4 Å². The Balaban J connectivity index is 0.000000277. The first-order valence-electron chi connectivity index (χ1n) is 40.6. The molecule has 59 heteroatoms. The Hall–Kier alpha value is -9.56. The van der Waals surface area contributed by atoms with Crippen molar-refractivity contribution in [1.82, 2.24) is 82.5 Å². The first-order chi connectivity index (χ1) is 62.4. The molecule has 0 radical (unpaired) electrons. The lowest BCUT2D eigenvalue weighted by Gasteiger charge is -2.19. The van der Waals surface area contributed by atoms with E-state index in [-0.39, 0.29) is 137 Å². The number of rotatable bonds is 37. The lowest BCUT2D eigenvalue weighted by Crippen LogP contribution is -2.31. The number of alkyl halides is 3. The van der Waals surface area contributed by atoms with Gasteiger partial charge >= 0.3 is 19.3 Å². The van der Waals surface area contributed by atoms with E-state index >= 15 is 0 Å². The maximum absolute atomic E-state index is 13.2. The number of aromatic amines is 4. The number of tetrazole rings is 4. The lowest BCUT2D eigenvalue weighted by atomic mass is 9.60. The summed E-state index contributed by atoms with van der Waals surface area (Å²) in [5.41, 5.74) is 2.45. The van der Waals surface area contributed by atoms with E-state index in [1.165, 1.54) is 87.2 Å². The van der Waals surface area contributed by atoms with E-state index in [1.54, 1.807) is 102 Å². The third-order valence-electron chi connectivity index (χ3n) is 18.9. The van der Waals surface area contributed by atoms with Crippen LogP contribution in [0.5, 0.6) is 0 Å². The Labute approximate surface area is 787 Å². The summed E-state index contributed by atoms with van der Waals surface area (Å²) >= 11 is 12.1. The zero-order chi connectivity index (χ0) is 100. The van der Waals surface area contributed by atoms with Crippen molar-refractivity contribution in [2.45, 2.75) is 148 Å². The monoisotopic (exact) mass is 2040 g/mol. The predicted molar refractivity (Wildman–Crippen MR) is 506 cm³/mol. The number of carbonyl (C=O) groups is 1. The quantitative estimate of drug-likeness (QED) is 0.0175. The number of benzene rings is 7. The molecule has 0 amide bonds. The molecule has 0 unspecified atom stereocenters. The first-order valence-corrected chi connectivity index (χ1v) is 53.5. The average Bonchev–Trinajstić information content (AvgIpc) is 0.982. The van der Waals surface area contributed by atoms with Crippen molar-refractivity contribution < 1.29 is 122 Å². The highest BCUT2D eigenvalue weighted by Crippen LogP contribution is 2.38. The molecule has 134 heavy (non-hydrogen) atoms. The van der Waals surface area contributed by atoms with Crippen LogP contribution in [-0.2, 0) is 92.3 Å². The number of carboxylic acids is 1. The summed E-state index contributed by atoms with van der Waals surface area (Å²) in [4.78, 5) is 10.3. The highest BCUT2D eigenvalue weighted by atomic mass is 35.5. The Kier molecular flexibility index (Phi) is 45.7. The number of hydrogen-bond donors (Lipinski definition) is 13. The van der Waals surface area contributed by atoms with Crippen LogP contribution in [0, 0.1) is 5.92 Å². The molecule has 0 saturated carbocycles. The molecule has 0 aliphatic heterocycles. The predicted octanol–water partition coefficient (Wildman–Crippen LogP) is 6.96. The molecule has 0 saturated heterocycles. The summed E-state index contributed by atoms with van der Waals surface area (Å²) in [6.07, 6.45) is -4.30. The zero-order valence-corrected chi connectivity index (χ0v) is 81.0. The van der Waals surface area contributed by atoms with Crippen molar-refractivity contribution in [1.29, 1.82) is 0 Å². The SMILES string of the molecule is CB(O)CCS(=O)(=O)Cc1cccc(C(=O)O)c1.CB(O)CCS(=O)(=O)c1ccc(-c2nn[nH]n2)c(Cl)c1.CB(O)CCS(=O)(=O)c1ccc(-c2nn[nH]n2)cc1.CB(O)CCS(=O)(=O)c1ccc(-c2nn[nH]n2)cc1C(F)(F)F.CB(O)CCS(=O)(=O)c1ccc(-c2nn[nH]n2)cc1Cl.CB(O)[C@H](C)CS(=O)(=O)Cc1ccccc1.CC(C)[C@H](CS(=O)(=O)Cc1ccccc1)B(O)O. The molecule has 40 nitrogen and oxygen atoms in total. The van der Waals surface area contributed by atoms with Gasteiger partial charge in [0.25, 0.3) is 41.5 Å². The Morgan fingerprint density at radius 2 is 0.769 bits per heavy atom. The highest BCUT2D eigenvalue weighted by molar-refractivity contribution is 7.93. The minimum Gasteiger partial charge on any atom is -0.478 e. The van der Waals surface area contributed by atoms with Crippen molar-refractivity contribution in [3.63, 3.8) is 0 Å². The normalized spacial score (nSPS) is 12.1. The fourth-order valence-corrected chi connectivity index (χ4v) is 23.6. The smallest absolute Gasteiger partial charge is 0.456 e. The van der Waals surface area contributed by atoms with Gasteiger partial charge in [0.15, 0.2) is 68.9 Å². The van der Waals surface area contributed by atoms with E-state index in [9.17, 15) is 97.0 Å². The number of aromatic nitrogens is 16. The minimum atomic E-state index is -4.87. The van der Waals surface area contributed by atoms with Crippen molar-refractivity contribution in [2.75, 3.05) is 40.3 Å². The van der Waals surface area contributed by atoms with Gasteiger partial charge in [0.1, 0.15) is 0 Å². The molecule has 4 aromatic heterocycles. The Bertz CT molecular complexity index is 6320. The summed E-state index contributed by atoms with van der Waals surface area (Å²) in [5.74, 6) is -2.59. The lowest BCUT2D eigenvalue weighted by molar-refractivity contribution is -0.139. The van der Waals surface area contributed by atoms with Crippen molar-refractivity contribution in [2.24, 2.45) is 5.92 Å². The van der Waals surface area contributed by atoms with Crippen LogP contribution in [0.25, 0.3) is 45.6 Å². The number of nitrogens with zero attached hydrogens (tertiary/aromatic N) is 12. The van der Waals surface area contributed by atoms with Gasteiger partial charge in [-0.05, 0) is 172 Å². The van der Waals surface area contributed by atoms with E-state index in [0.717, 1.165) is 11.6 Å². The van der Waals surface area contributed by atoms with Gasteiger partial charge in [-0.3, -0.25) is 0 Å². The van der Waals surface area contributed by atoms with Crippen LogP contribution >= 0.6 is 23.2 Å². The number of hydrogen-bond acceptors (Lipinski definition) is 35. The van der Waals surface area contributed by atoms with Gasteiger partial charge in [-0.1, -0.05) is 158 Å². The first kappa shape index (κ1) is 115. The topological polar surface area (TPSA) is 656 Å². The van der Waals surface area contributed by atoms with Crippen LogP contribution in [0.1, 0.15) is 53.4 Å². The molecule has 0 fully saturated rings.